The molecule has 3 aromatic rings. The summed E-state index contributed by atoms with van der Waals surface area (Å²) in [5.74, 6) is -2.02. The van der Waals surface area contributed by atoms with Crippen molar-refractivity contribution in [2.45, 2.75) is 45.8 Å². The molecule has 1 aliphatic rings. The number of carbonyl (C=O) groups is 5. The van der Waals surface area contributed by atoms with Crippen molar-refractivity contribution in [3.05, 3.63) is 108 Å². The minimum absolute atomic E-state index is 0.138. The highest BCUT2D eigenvalue weighted by Gasteiger charge is 2.31. The lowest BCUT2D eigenvalue weighted by Gasteiger charge is -2.30. The van der Waals surface area contributed by atoms with Crippen LogP contribution < -0.4 is 5.73 Å². The van der Waals surface area contributed by atoms with E-state index in [0.29, 0.717) is 25.9 Å². The fourth-order valence-corrected chi connectivity index (χ4v) is 5.64. The molecule has 0 saturated carbocycles. The molecule has 2 N–H and O–H groups in total. The van der Waals surface area contributed by atoms with Crippen LogP contribution in [0.1, 0.15) is 42.9 Å². The van der Waals surface area contributed by atoms with Crippen LogP contribution in [0.4, 0.5) is 0 Å². The van der Waals surface area contributed by atoms with Gasteiger partial charge in [-0.2, -0.15) is 0 Å². The van der Waals surface area contributed by atoms with Gasteiger partial charge in [-0.15, -0.1) is 0 Å². The van der Waals surface area contributed by atoms with Crippen molar-refractivity contribution in [1.82, 2.24) is 24.5 Å². The van der Waals surface area contributed by atoms with Gasteiger partial charge in [0.25, 0.3) is 0 Å². The molecule has 0 spiro atoms. The van der Waals surface area contributed by atoms with E-state index >= 15 is 0 Å². The Labute approximate surface area is 289 Å². The molecule has 0 aliphatic carbocycles. The summed E-state index contributed by atoms with van der Waals surface area (Å²) < 4.78 is 0. The number of hydrogen-bond donors (Lipinski definition) is 1. The van der Waals surface area contributed by atoms with Gasteiger partial charge in [-0.05, 0) is 36.1 Å². The van der Waals surface area contributed by atoms with E-state index in [4.69, 9.17) is 5.73 Å². The van der Waals surface area contributed by atoms with Crippen LogP contribution in [0.3, 0.4) is 0 Å². The molecule has 4 rings (SSSR count). The van der Waals surface area contributed by atoms with Gasteiger partial charge in [0.15, 0.2) is 0 Å². The van der Waals surface area contributed by atoms with Crippen molar-refractivity contribution in [3.63, 3.8) is 0 Å². The van der Waals surface area contributed by atoms with Crippen LogP contribution in [0.5, 0.6) is 0 Å². The summed E-state index contributed by atoms with van der Waals surface area (Å²) in [7, 11) is 0. The van der Waals surface area contributed by atoms with Crippen LogP contribution >= 0.6 is 0 Å². The van der Waals surface area contributed by atoms with Gasteiger partial charge in [0.05, 0.1) is 13.1 Å². The fraction of sp³-hybridized carbons (Fsp3) is 0.395. The van der Waals surface area contributed by atoms with E-state index in [-0.39, 0.29) is 64.8 Å². The first-order valence-electron chi connectivity index (χ1n) is 17.0. The number of hydrogen-bond acceptors (Lipinski definition) is 6. The quantitative estimate of drug-likeness (QED) is 0.316. The molecule has 3 aromatic carbocycles. The van der Waals surface area contributed by atoms with Gasteiger partial charge in [-0.3, -0.25) is 24.0 Å². The SMILES string of the molecule is CCCCN1CC(=O)N(Cc2ccccc2)CC(=O)N(Cc2ccccc2)CC(=O)N(CCCN)CC(=O)N(Cc2ccccc2)CC1=O. The number of amides is 5. The zero-order chi connectivity index (χ0) is 35.0. The van der Waals surface area contributed by atoms with Gasteiger partial charge in [0, 0.05) is 32.7 Å². The first kappa shape index (κ1) is 36.8. The molecular formula is C38H48N6O5. The molecule has 0 bridgehead atoms. The lowest BCUT2D eigenvalue weighted by Crippen LogP contribution is -2.49. The van der Waals surface area contributed by atoms with Crippen molar-refractivity contribution in [3.8, 4) is 0 Å². The second-order valence-electron chi connectivity index (χ2n) is 12.3. The van der Waals surface area contributed by atoms with Gasteiger partial charge in [0.1, 0.15) is 19.6 Å². The Balaban J connectivity index is 1.75. The minimum Gasteiger partial charge on any atom is -0.332 e. The van der Waals surface area contributed by atoms with Gasteiger partial charge in [0.2, 0.25) is 29.5 Å². The van der Waals surface area contributed by atoms with Crippen LogP contribution in [-0.4, -0.2) is 106 Å². The number of unbranched alkanes of at least 4 members (excludes halogenated alkanes) is 1. The first-order chi connectivity index (χ1) is 23.8. The number of rotatable bonds is 12. The summed E-state index contributed by atoms with van der Waals surface area (Å²) in [6.07, 6.45) is 1.91. The Hall–Kier alpha value is -5.03. The molecule has 1 heterocycles. The van der Waals surface area contributed by atoms with Gasteiger partial charge >= 0.3 is 0 Å². The van der Waals surface area contributed by atoms with Crippen LogP contribution in [0.2, 0.25) is 0 Å². The molecule has 0 aromatic heterocycles. The van der Waals surface area contributed by atoms with Crippen LogP contribution in [0.25, 0.3) is 0 Å². The molecule has 49 heavy (non-hydrogen) atoms. The molecule has 0 radical (unpaired) electrons. The smallest absolute Gasteiger partial charge is 0.242 e. The van der Waals surface area contributed by atoms with Crippen LogP contribution in [0, 0.1) is 0 Å². The topological polar surface area (TPSA) is 128 Å². The monoisotopic (exact) mass is 668 g/mol. The summed E-state index contributed by atoms with van der Waals surface area (Å²) in [5.41, 5.74) is 8.28. The summed E-state index contributed by atoms with van der Waals surface area (Å²) in [6, 6.07) is 28.0. The predicted molar refractivity (Wildman–Crippen MR) is 187 cm³/mol. The third-order valence-corrected chi connectivity index (χ3v) is 8.46. The second kappa shape index (κ2) is 19.1. The van der Waals surface area contributed by atoms with Gasteiger partial charge < -0.3 is 30.2 Å². The summed E-state index contributed by atoms with van der Waals surface area (Å²) in [4.78, 5) is 77.2. The van der Waals surface area contributed by atoms with E-state index in [1.54, 1.807) is 0 Å². The number of nitrogens with two attached hydrogens (primary N) is 1. The highest BCUT2D eigenvalue weighted by molar-refractivity contribution is 5.93. The maximum absolute atomic E-state index is 14.1. The average molecular weight is 669 g/mol. The molecular weight excluding hydrogens is 620 g/mol. The molecule has 0 atom stereocenters. The van der Waals surface area contributed by atoms with Gasteiger partial charge in [-0.1, -0.05) is 104 Å². The van der Waals surface area contributed by atoms with E-state index in [0.717, 1.165) is 23.1 Å². The first-order valence-corrected chi connectivity index (χ1v) is 17.0. The van der Waals surface area contributed by atoms with Crippen molar-refractivity contribution in [1.29, 1.82) is 0 Å². The average Bonchev–Trinajstić information content (AvgIpc) is 3.11. The highest BCUT2D eigenvalue weighted by Crippen LogP contribution is 2.13. The Kier molecular flexibility index (Phi) is 14.3. The lowest BCUT2D eigenvalue weighted by molar-refractivity contribution is -0.146. The molecule has 1 fully saturated rings. The lowest BCUT2D eigenvalue weighted by atomic mass is 10.2. The minimum atomic E-state index is -0.419. The molecule has 1 saturated heterocycles. The van der Waals surface area contributed by atoms with Crippen molar-refractivity contribution < 1.29 is 24.0 Å². The standard InChI is InChI=1S/C38H48N6O5/c1-2-3-21-40-26-36(47)44(25-33-18-11-6-12-19-33)30-38(49)43(24-32-16-9-5-10-17-32)29-35(46)41(22-13-20-39)27-37(48)42(28-34(40)45)23-31-14-7-4-8-15-31/h4-12,14-19H,2-3,13,20-30,39H2,1H3. The Morgan fingerprint density at radius 1 is 0.449 bits per heavy atom. The normalized spacial score (nSPS) is 15.9. The number of nitrogens with zero attached hydrogens (tertiary/aromatic N) is 5. The fourth-order valence-electron chi connectivity index (χ4n) is 5.64. The second-order valence-corrected chi connectivity index (χ2v) is 12.3. The molecule has 11 heteroatoms. The van der Waals surface area contributed by atoms with Crippen LogP contribution in [-0.2, 0) is 43.6 Å². The largest absolute Gasteiger partial charge is 0.332 e. The zero-order valence-corrected chi connectivity index (χ0v) is 28.4. The van der Waals surface area contributed by atoms with Crippen molar-refractivity contribution >= 4 is 29.5 Å². The summed E-state index contributed by atoms with van der Waals surface area (Å²) >= 11 is 0. The third-order valence-electron chi connectivity index (χ3n) is 8.46. The van der Waals surface area contributed by atoms with Crippen molar-refractivity contribution in [2.24, 2.45) is 5.73 Å². The summed E-state index contributed by atoms with van der Waals surface area (Å²) in [5, 5.41) is 0. The van der Waals surface area contributed by atoms with Crippen LogP contribution in [0.15, 0.2) is 91.0 Å². The Bertz CT molecular complexity index is 1480. The maximum atomic E-state index is 14.1. The highest BCUT2D eigenvalue weighted by atomic mass is 16.2. The Morgan fingerprint density at radius 2 is 0.735 bits per heavy atom. The molecule has 5 amide bonds. The van der Waals surface area contributed by atoms with E-state index in [1.807, 2.05) is 97.9 Å². The third kappa shape index (κ3) is 11.6. The van der Waals surface area contributed by atoms with E-state index in [1.165, 1.54) is 24.5 Å². The van der Waals surface area contributed by atoms with Crippen molar-refractivity contribution in [2.75, 3.05) is 52.4 Å². The molecule has 0 unspecified atom stereocenters. The number of carbonyl (C=O) groups excluding carboxylic acids is 5. The summed E-state index contributed by atoms with van der Waals surface area (Å²) in [6.45, 7) is 1.91. The van der Waals surface area contributed by atoms with E-state index in [2.05, 4.69) is 0 Å². The maximum Gasteiger partial charge on any atom is 0.242 e. The number of benzene rings is 3. The molecule has 260 valence electrons. The predicted octanol–water partition coefficient (Wildman–Crippen LogP) is 2.89. The molecule has 1 aliphatic heterocycles. The Morgan fingerprint density at radius 3 is 1.04 bits per heavy atom. The van der Waals surface area contributed by atoms with Gasteiger partial charge in [-0.25, -0.2) is 0 Å². The van der Waals surface area contributed by atoms with E-state index in [9.17, 15) is 24.0 Å². The van der Waals surface area contributed by atoms with E-state index < -0.39 is 23.6 Å². The molecule has 11 nitrogen and oxygen atoms in total. The zero-order valence-electron chi connectivity index (χ0n) is 28.4.